The van der Waals surface area contributed by atoms with Crippen LogP contribution in [0.3, 0.4) is 0 Å². The van der Waals surface area contributed by atoms with Crippen molar-refractivity contribution in [2.75, 3.05) is 0 Å². The molecule has 0 aliphatic heterocycles. The number of amides is 3. The average Bonchev–Trinajstić information content (AvgIpc) is 3.19. The van der Waals surface area contributed by atoms with E-state index in [1.807, 2.05) is 24.3 Å². The van der Waals surface area contributed by atoms with Gasteiger partial charge in [0, 0.05) is 16.1 Å². The number of carbonyl (C=O) groups excluding carboxylic acids is 3. The highest BCUT2D eigenvalue weighted by Gasteiger charge is 2.23. The van der Waals surface area contributed by atoms with Crippen LogP contribution in [0.25, 0.3) is 11.3 Å². The highest BCUT2D eigenvalue weighted by Crippen LogP contribution is 2.21. The van der Waals surface area contributed by atoms with E-state index in [0.29, 0.717) is 5.69 Å². The fourth-order valence-corrected chi connectivity index (χ4v) is 3.42. The minimum atomic E-state index is -1.13. The molecule has 0 saturated heterocycles. The molecule has 3 rings (SSSR count). The first-order valence-corrected chi connectivity index (χ1v) is 10.4. The number of esters is 1. The highest BCUT2D eigenvalue weighted by molar-refractivity contribution is 9.10. The number of rotatable bonds is 5. The van der Waals surface area contributed by atoms with Gasteiger partial charge >= 0.3 is 12.0 Å². The Morgan fingerprint density at radius 2 is 1.86 bits per heavy atom. The molecule has 1 aliphatic carbocycles. The van der Waals surface area contributed by atoms with E-state index in [0.717, 1.165) is 35.7 Å². The van der Waals surface area contributed by atoms with E-state index in [1.54, 1.807) is 6.07 Å². The number of ether oxygens (including phenoxy) is 1. The van der Waals surface area contributed by atoms with Gasteiger partial charge in [0.25, 0.3) is 5.91 Å². The lowest BCUT2D eigenvalue weighted by atomic mass is 9.96. The zero-order valence-electron chi connectivity index (χ0n) is 16.0. The smallest absolute Gasteiger partial charge is 0.357 e. The van der Waals surface area contributed by atoms with Crippen LogP contribution < -0.4 is 10.6 Å². The number of halogens is 1. The predicted octanol–water partition coefficient (Wildman–Crippen LogP) is 3.54. The Hall–Kier alpha value is -2.68. The van der Waals surface area contributed by atoms with Crippen molar-refractivity contribution in [2.24, 2.45) is 0 Å². The number of hydrogen-bond acceptors (Lipinski definition) is 5. The molecule has 1 heterocycles. The summed E-state index contributed by atoms with van der Waals surface area (Å²) >= 11 is 3.36. The Morgan fingerprint density at radius 1 is 1.17 bits per heavy atom. The third-order valence-electron chi connectivity index (χ3n) is 4.77. The van der Waals surface area contributed by atoms with Crippen LogP contribution in [0.5, 0.6) is 0 Å². The molecule has 1 atom stereocenters. The molecular weight excluding hydrogens is 440 g/mol. The van der Waals surface area contributed by atoms with Crippen LogP contribution >= 0.6 is 15.9 Å². The molecule has 1 saturated carbocycles. The number of hydrogen-bond donors (Lipinski definition) is 3. The summed E-state index contributed by atoms with van der Waals surface area (Å²) in [6.45, 7) is 1.41. The summed E-state index contributed by atoms with van der Waals surface area (Å²) in [5, 5.41) is 11.7. The molecule has 1 aromatic heterocycles. The SMILES string of the molecule is CC(OC(=O)c1cc(-c2ccc(Br)cc2)n[nH]1)C(=O)NC(=O)NC1CCCCC1. The molecule has 8 nitrogen and oxygen atoms in total. The molecule has 2 aromatic rings. The lowest BCUT2D eigenvalue weighted by Crippen LogP contribution is -2.48. The second-order valence-corrected chi connectivity index (χ2v) is 7.93. The largest absolute Gasteiger partial charge is 0.448 e. The standard InChI is InChI=1S/C20H23BrN4O4/c1-12(18(26)23-20(28)22-15-5-3-2-4-6-15)29-19(27)17-11-16(24-25-17)13-7-9-14(21)10-8-13/h7-12,15H,2-6H2,1H3,(H,24,25)(H2,22,23,26,28). The number of aromatic amines is 1. The number of carbonyl (C=O) groups is 3. The van der Waals surface area contributed by atoms with Crippen LogP contribution in [-0.4, -0.2) is 40.3 Å². The van der Waals surface area contributed by atoms with Gasteiger partial charge in [-0.3, -0.25) is 15.2 Å². The maximum absolute atomic E-state index is 12.3. The van der Waals surface area contributed by atoms with Gasteiger partial charge in [-0.25, -0.2) is 9.59 Å². The summed E-state index contributed by atoms with van der Waals surface area (Å²) in [4.78, 5) is 36.4. The summed E-state index contributed by atoms with van der Waals surface area (Å²) < 4.78 is 6.08. The normalized spacial score (nSPS) is 15.4. The summed E-state index contributed by atoms with van der Waals surface area (Å²) in [6, 6.07) is 8.51. The van der Waals surface area contributed by atoms with Crippen LogP contribution in [0.2, 0.25) is 0 Å². The molecule has 0 spiro atoms. The summed E-state index contributed by atoms with van der Waals surface area (Å²) in [6.07, 6.45) is 4.00. The quantitative estimate of drug-likeness (QED) is 0.587. The molecule has 0 bridgehead atoms. The molecular formula is C20H23BrN4O4. The van der Waals surface area contributed by atoms with Crippen LogP contribution in [0.1, 0.15) is 49.5 Å². The van der Waals surface area contributed by atoms with E-state index in [9.17, 15) is 14.4 Å². The average molecular weight is 463 g/mol. The Bertz CT molecular complexity index is 875. The molecule has 1 fully saturated rings. The maximum atomic E-state index is 12.3. The van der Waals surface area contributed by atoms with Crippen molar-refractivity contribution in [3.63, 3.8) is 0 Å². The second-order valence-electron chi connectivity index (χ2n) is 7.02. The van der Waals surface area contributed by atoms with Gasteiger partial charge in [-0.1, -0.05) is 47.3 Å². The van der Waals surface area contributed by atoms with Gasteiger partial charge < -0.3 is 10.1 Å². The van der Waals surface area contributed by atoms with Crippen molar-refractivity contribution in [1.29, 1.82) is 0 Å². The number of aromatic nitrogens is 2. The second kappa shape index (κ2) is 9.69. The van der Waals surface area contributed by atoms with Gasteiger partial charge in [-0.05, 0) is 38.0 Å². The van der Waals surface area contributed by atoms with Crippen LogP contribution in [0.4, 0.5) is 4.79 Å². The van der Waals surface area contributed by atoms with Crippen molar-refractivity contribution < 1.29 is 19.1 Å². The molecule has 154 valence electrons. The molecule has 1 unspecified atom stereocenters. The van der Waals surface area contributed by atoms with E-state index in [1.165, 1.54) is 13.3 Å². The first kappa shape index (κ1) is 21.0. The Kier molecular flexibility index (Phi) is 7.03. The first-order chi connectivity index (χ1) is 13.9. The molecule has 29 heavy (non-hydrogen) atoms. The minimum Gasteiger partial charge on any atom is -0.448 e. The van der Waals surface area contributed by atoms with E-state index in [-0.39, 0.29) is 11.7 Å². The number of benzene rings is 1. The van der Waals surface area contributed by atoms with Crippen molar-refractivity contribution >= 4 is 33.8 Å². The van der Waals surface area contributed by atoms with E-state index in [2.05, 4.69) is 36.8 Å². The van der Waals surface area contributed by atoms with E-state index >= 15 is 0 Å². The van der Waals surface area contributed by atoms with E-state index < -0.39 is 24.0 Å². The molecule has 1 aliphatic rings. The van der Waals surface area contributed by atoms with Gasteiger partial charge in [0.05, 0.1) is 5.69 Å². The third kappa shape index (κ3) is 5.90. The molecule has 0 radical (unpaired) electrons. The Labute approximate surface area is 176 Å². The summed E-state index contributed by atoms with van der Waals surface area (Å²) in [5.41, 5.74) is 1.52. The van der Waals surface area contributed by atoms with E-state index in [4.69, 9.17) is 4.74 Å². The molecule has 3 N–H and O–H groups in total. The number of nitrogens with zero attached hydrogens (tertiary/aromatic N) is 1. The topological polar surface area (TPSA) is 113 Å². The van der Waals surface area contributed by atoms with Crippen molar-refractivity contribution in [1.82, 2.24) is 20.8 Å². The first-order valence-electron chi connectivity index (χ1n) is 9.56. The molecule has 3 amide bonds. The van der Waals surface area contributed by atoms with Gasteiger partial charge in [0.15, 0.2) is 6.10 Å². The van der Waals surface area contributed by atoms with Gasteiger partial charge in [-0.15, -0.1) is 0 Å². The van der Waals surface area contributed by atoms with Gasteiger partial charge in [0.1, 0.15) is 5.69 Å². The number of urea groups is 1. The number of imide groups is 1. The van der Waals surface area contributed by atoms with Crippen LogP contribution in [0.15, 0.2) is 34.8 Å². The highest BCUT2D eigenvalue weighted by atomic mass is 79.9. The number of H-pyrrole nitrogens is 1. The Morgan fingerprint density at radius 3 is 2.55 bits per heavy atom. The van der Waals surface area contributed by atoms with Crippen molar-refractivity contribution in [3.05, 3.63) is 40.5 Å². The lowest BCUT2D eigenvalue weighted by Gasteiger charge is -2.23. The molecule has 1 aromatic carbocycles. The lowest BCUT2D eigenvalue weighted by molar-refractivity contribution is -0.127. The van der Waals surface area contributed by atoms with Gasteiger partial charge in [-0.2, -0.15) is 5.10 Å². The van der Waals surface area contributed by atoms with Crippen molar-refractivity contribution in [2.45, 2.75) is 51.2 Å². The minimum absolute atomic E-state index is 0.0800. The fourth-order valence-electron chi connectivity index (χ4n) is 3.15. The summed E-state index contributed by atoms with van der Waals surface area (Å²) in [5.74, 6) is -1.41. The third-order valence-corrected chi connectivity index (χ3v) is 5.30. The van der Waals surface area contributed by atoms with Crippen LogP contribution in [-0.2, 0) is 9.53 Å². The van der Waals surface area contributed by atoms with Crippen molar-refractivity contribution in [3.8, 4) is 11.3 Å². The number of nitrogens with one attached hydrogen (secondary N) is 3. The maximum Gasteiger partial charge on any atom is 0.357 e. The zero-order valence-corrected chi connectivity index (χ0v) is 17.6. The summed E-state index contributed by atoms with van der Waals surface area (Å²) in [7, 11) is 0. The predicted molar refractivity (Wildman–Crippen MR) is 110 cm³/mol. The fraction of sp³-hybridized carbons (Fsp3) is 0.400. The zero-order chi connectivity index (χ0) is 20.8. The molecule has 9 heteroatoms. The Balaban J connectivity index is 1.51. The van der Waals surface area contributed by atoms with Crippen LogP contribution in [0, 0.1) is 0 Å². The van der Waals surface area contributed by atoms with Gasteiger partial charge in [0.2, 0.25) is 0 Å². The monoisotopic (exact) mass is 462 g/mol.